The smallest absolute Gasteiger partial charge is 0.173 e. The van der Waals surface area contributed by atoms with Crippen molar-refractivity contribution in [3.8, 4) is 33.6 Å². The minimum atomic E-state index is 0.833. The van der Waals surface area contributed by atoms with Gasteiger partial charge in [-0.15, -0.1) is 0 Å². The summed E-state index contributed by atoms with van der Waals surface area (Å²) in [4.78, 5) is 8.88. The van der Waals surface area contributed by atoms with Gasteiger partial charge in [0.2, 0.25) is 0 Å². The van der Waals surface area contributed by atoms with Crippen molar-refractivity contribution < 1.29 is 9.13 Å². The molecule has 154 valence electrons. The number of aryl methyl sites for hydroxylation is 1. The van der Waals surface area contributed by atoms with E-state index in [2.05, 4.69) is 93.9 Å². The van der Waals surface area contributed by atoms with E-state index in [0.29, 0.717) is 0 Å². The van der Waals surface area contributed by atoms with Gasteiger partial charge in [-0.3, -0.25) is 9.97 Å². The summed E-state index contributed by atoms with van der Waals surface area (Å²) in [5.74, 6) is 0. The van der Waals surface area contributed by atoms with Crippen LogP contribution in [0.5, 0.6) is 0 Å². The quantitative estimate of drug-likeness (QED) is 0.391. The Morgan fingerprint density at radius 3 is 1.94 bits per heavy atom. The van der Waals surface area contributed by atoms with E-state index in [1.54, 1.807) is 6.20 Å². The zero-order valence-electron chi connectivity index (χ0n) is 18.0. The molecule has 0 amide bonds. The van der Waals surface area contributed by atoms with E-state index in [4.69, 9.17) is 0 Å². The molecule has 0 bridgehead atoms. The third-order valence-electron chi connectivity index (χ3n) is 5.54. The highest BCUT2D eigenvalue weighted by atomic mass is 14.9. The predicted molar refractivity (Wildman–Crippen MR) is 125 cm³/mol. The number of nitrogens with zero attached hydrogens (tertiary/aromatic N) is 4. The van der Waals surface area contributed by atoms with Gasteiger partial charge in [-0.25, -0.2) is 9.13 Å². The molecule has 0 saturated carbocycles. The molecule has 0 aliphatic rings. The highest BCUT2D eigenvalue weighted by molar-refractivity contribution is 5.69. The Morgan fingerprint density at radius 1 is 0.594 bits per heavy atom. The van der Waals surface area contributed by atoms with Crippen LogP contribution in [0.2, 0.25) is 0 Å². The molecule has 0 N–H and O–H groups in total. The fourth-order valence-corrected chi connectivity index (χ4v) is 3.73. The molecular formula is C28H24N4+2. The summed E-state index contributed by atoms with van der Waals surface area (Å²) >= 11 is 0. The van der Waals surface area contributed by atoms with Crippen LogP contribution in [-0.4, -0.2) is 9.97 Å². The third kappa shape index (κ3) is 4.44. The van der Waals surface area contributed by atoms with Crippen molar-refractivity contribution in [1.82, 2.24) is 9.97 Å². The Kier molecular flexibility index (Phi) is 5.50. The van der Waals surface area contributed by atoms with Crippen molar-refractivity contribution in [2.45, 2.75) is 6.54 Å². The summed E-state index contributed by atoms with van der Waals surface area (Å²) in [6, 6.07) is 27.3. The van der Waals surface area contributed by atoms with Crippen LogP contribution in [0.15, 0.2) is 116 Å². The van der Waals surface area contributed by atoms with Crippen LogP contribution in [0.3, 0.4) is 0 Å². The summed E-state index contributed by atoms with van der Waals surface area (Å²) in [6.45, 7) is 0.833. The molecule has 4 aromatic heterocycles. The normalized spacial score (nSPS) is 10.8. The van der Waals surface area contributed by atoms with Gasteiger partial charge in [-0.2, -0.15) is 0 Å². The molecule has 32 heavy (non-hydrogen) atoms. The molecule has 0 atom stereocenters. The zero-order chi connectivity index (χ0) is 21.8. The summed E-state index contributed by atoms with van der Waals surface area (Å²) in [7, 11) is 2.03. The third-order valence-corrected chi connectivity index (χ3v) is 5.54. The SMILES string of the molecule is C[n+]1ccc(-c2cc[n+](Cc3ccc(-c4ccnc(-c5ccccn5)c4)cc3)cc2)cc1. The fraction of sp³-hybridized carbons (Fsp3) is 0.0714. The van der Waals surface area contributed by atoms with Gasteiger partial charge in [0.25, 0.3) is 0 Å². The molecule has 0 saturated heterocycles. The monoisotopic (exact) mass is 416 g/mol. The van der Waals surface area contributed by atoms with Gasteiger partial charge < -0.3 is 0 Å². The Hall–Kier alpha value is -4.18. The van der Waals surface area contributed by atoms with Crippen molar-refractivity contribution in [2.75, 3.05) is 0 Å². The van der Waals surface area contributed by atoms with Crippen LogP contribution in [0.25, 0.3) is 33.6 Å². The van der Waals surface area contributed by atoms with E-state index in [-0.39, 0.29) is 0 Å². The topological polar surface area (TPSA) is 33.5 Å². The molecule has 0 unspecified atom stereocenters. The maximum absolute atomic E-state index is 4.47. The molecule has 0 aliphatic carbocycles. The molecular weight excluding hydrogens is 392 g/mol. The molecule has 0 aliphatic heterocycles. The number of benzene rings is 1. The first kappa shape index (κ1) is 19.8. The molecule has 5 rings (SSSR count). The molecule has 4 heterocycles. The first-order chi connectivity index (χ1) is 15.7. The molecule has 0 spiro atoms. The van der Waals surface area contributed by atoms with Gasteiger partial charge in [-0.05, 0) is 46.5 Å². The van der Waals surface area contributed by atoms with Crippen molar-refractivity contribution in [3.05, 3.63) is 122 Å². The molecule has 0 radical (unpaired) electrons. The van der Waals surface area contributed by atoms with E-state index in [1.807, 2.05) is 42.1 Å². The summed E-state index contributed by atoms with van der Waals surface area (Å²) in [5, 5.41) is 0. The Labute approximate surface area is 188 Å². The number of hydrogen-bond donors (Lipinski definition) is 0. The van der Waals surface area contributed by atoms with Crippen LogP contribution >= 0.6 is 0 Å². The zero-order valence-corrected chi connectivity index (χ0v) is 18.0. The predicted octanol–water partition coefficient (Wildman–Crippen LogP) is 4.64. The number of aromatic nitrogens is 4. The lowest BCUT2D eigenvalue weighted by atomic mass is 10.0. The lowest BCUT2D eigenvalue weighted by Gasteiger charge is -2.06. The lowest BCUT2D eigenvalue weighted by Crippen LogP contribution is -2.33. The average molecular weight is 417 g/mol. The average Bonchev–Trinajstić information content (AvgIpc) is 2.86. The molecule has 5 aromatic rings. The Morgan fingerprint density at radius 2 is 1.25 bits per heavy atom. The minimum Gasteiger partial charge on any atom is -0.255 e. The van der Waals surface area contributed by atoms with Crippen molar-refractivity contribution >= 4 is 0 Å². The van der Waals surface area contributed by atoms with Gasteiger partial charge in [0.1, 0.15) is 7.05 Å². The maximum atomic E-state index is 4.47. The summed E-state index contributed by atoms with van der Waals surface area (Å²) in [6.07, 6.45) is 12.1. The summed E-state index contributed by atoms with van der Waals surface area (Å²) in [5.41, 5.74) is 7.79. The van der Waals surface area contributed by atoms with Crippen molar-refractivity contribution in [1.29, 1.82) is 0 Å². The van der Waals surface area contributed by atoms with E-state index in [9.17, 15) is 0 Å². The second-order valence-electron chi connectivity index (χ2n) is 7.85. The van der Waals surface area contributed by atoms with E-state index in [1.165, 1.54) is 22.3 Å². The Balaban J connectivity index is 1.31. The second-order valence-corrected chi connectivity index (χ2v) is 7.85. The lowest BCUT2D eigenvalue weighted by molar-refractivity contribution is -0.688. The largest absolute Gasteiger partial charge is 0.255 e. The molecule has 4 nitrogen and oxygen atoms in total. The summed E-state index contributed by atoms with van der Waals surface area (Å²) < 4.78 is 4.24. The van der Waals surface area contributed by atoms with Crippen LogP contribution in [-0.2, 0) is 13.6 Å². The van der Waals surface area contributed by atoms with Gasteiger partial charge >= 0.3 is 0 Å². The van der Waals surface area contributed by atoms with Gasteiger partial charge in [0.15, 0.2) is 31.3 Å². The Bertz CT molecular complexity index is 1310. The van der Waals surface area contributed by atoms with Crippen LogP contribution in [0, 0.1) is 0 Å². The number of hydrogen-bond acceptors (Lipinski definition) is 2. The number of rotatable bonds is 5. The van der Waals surface area contributed by atoms with E-state index < -0.39 is 0 Å². The van der Waals surface area contributed by atoms with Gasteiger partial charge in [0.05, 0.1) is 11.4 Å². The van der Waals surface area contributed by atoms with E-state index >= 15 is 0 Å². The standard InChI is InChI=1S/C28H24N4/c1-31-16-10-24(11-17-31)25-12-18-32(19-13-25)21-22-5-7-23(8-6-22)26-9-15-30-28(20-26)27-4-2-3-14-29-27/h2-20H,21H2,1H3/q+2. The maximum Gasteiger partial charge on any atom is 0.173 e. The van der Waals surface area contributed by atoms with Gasteiger partial charge in [0, 0.05) is 42.2 Å². The first-order valence-electron chi connectivity index (χ1n) is 10.7. The second kappa shape index (κ2) is 8.90. The van der Waals surface area contributed by atoms with Crippen LogP contribution in [0.1, 0.15) is 5.56 Å². The fourth-order valence-electron chi connectivity index (χ4n) is 3.73. The number of pyridine rings is 4. The highest BCUT2D eigenvalue weighted by Crippen LogP contribution is 2.24. The van der Waals surface area contributed by atoms with Crippen molar-refractivity contribution in [3.63, 3.8) is 0 Å². The van der Waals surface area contributed by atoms with Crippen LogP contribution < -0.4 is 9.13 Å². The van der Waals surface area contributed by atoms with Gasteiger partial charge in [-0.1, -0.05) is 30.3 Å². The molecule has 0 fully saturated rings. The van der Waals surface area contributed by atoms with Crippen LogP contribution in [0.4, 0.5) is 0 Å². The van der Waals surface area contributed by atoms with E-state index in [0.717, 1.165) is 23.5 Å². The van der Waals surface area contributed by atoms with Crippen molar-refractivity contribution in [2.24, 2.45) is 7.05 Å². The molecule has 4 heteroatoms. The highest BCUT2D eigenvalue weighted by Gasteiger charge is 2.07. The first-order valence-corrected chi connectivity index (χ1v) is 10.7. The molecule has 1 aromatic carbocycles. The minimum absolute atomic E-state index is 0.833.